The lowest BCUT2D eigenvalue weighted by molar-refractivity contribution is 0.380. The van der Waals surface area contributed by atoms with Gasteiger partial charge in [0, 0.05) is 0 Å². The minimum Gasteiger partial charge on any atom is -0.359 e. The van der Waals surface area contributed by atoms with Gasteiger partial charge in [0.2, 0.25) is 0 Å². The Morgan fingerprint density at radius 3 is 1.33 bits per heavy atom. The van der Waals surface area contributed by atoms with Gasteiger partial charge in [0.15, 0.2) is 0 Å². The van der Waals surface area contributed by atoms with Crippen molar-refractivity contribution in [2.75, 3.05) is 0 Å². The van der Waals surface area contributed by atoms with Crippen LogP contribution in [0.1, 0.15) is 45.6 Å². The van der Waals surface area contributed by atoms with E-state index in [1.807, 2.05) is 48.5 Å². The van der Waals surface area contributed by atoms with Crippen molar-refractivity contribution in [3.05, 3.63) is 106 Å². The lowest BCUT2D eigenvalue weighted by Crippen LogP contribution is -2.03. The van der Waals surface area contributed by atoms with Crippen LogP contribution in [0.15, 0.2) is 72.8 Å². The van der Waals surface area contributed by atoms with Gasteiger partial charge in [0.05, 0.1) is 23.3 Å². The summed E-state index contributed by atoms with van der Waals surface area (Å²) in [6, 6.07) is 29.0. The summed E-state index contributed by atoms with van der Waals surface area (Å²) in [7, 11) is 0. The number of aryl methyl sites for hydroxylation is 2. The normalized spacial score (nSPS) is 17.2. The van der Waals surface area contributed by atoms with Crippen LogP contribution in [0.2, 0.25) is 0 Å². The molecule has 3 nitrogen and oxygen atoms in total. The smallest absolute Gasteiger partial charge is 0.114 e. The van der Waals surface area contributed by atoms with Gasteiger partial charge in [-0.1, -0.05) is 36.4 Å². The fourth-order valence-electron chi connectivity index (χ4n) is 5.04. The molecule has 2 atom stereocenters. The fraction of sp³-hybridized carbons (Fsp3) is 0.133. The Morgan fingerprint density at radius 1 is 0.576 bits per heavy atom. The molecule has 0 N–H and O–H groups in total. The molecule has 0 spiro atoms. The van der Waals surface area contributed by atoms with E-state index >= 15 is 0 Å². The first-order valence-electron chi connectivity index (χ1n) is 11.0. The van der Waals surface area contributed by atoms with Crippen LogP contribution >= 0.6 is 0 Å². The molecule has 1 heterocycles. The average molecular weight is 425 g/mol. The topological polar surface area (TPSA) is 60.1 Å². The van der Waals surface area contributed by atoms with Crippen LogP contribution in [0.4, 0.5) is 0 Å². The van der Waals surface area contributed by atoms with E-state index in [-0.39, 0.29) is 12.2 Å². The van der Waals surface area contributed by atoms with Gasteiger partial charge in [0.25, 0.3) is 0 Å². The highest BCUT2D eigenvalue weighted by Crippen LogP contribution is 2.60. The predicted octanol–water partition coefficient (Wildman–Crippen LogP) is 7.17. The number of fused-ring (bicyclic) bond motifs is 6. The Balaban J connectivity index is 1.47. The summed E-state index contributed by atoms with van der Waals surface area (Å²) in [5, 5.41) is 18.2. The number of rotatable bonds is 2. The molecule has 33 heavy (non-hydrogen) atoms. The SMILES string of the molecule is Cc1cc2c(cc1-c1ccc(C#N)cc1)C1OC1c1cc(-c3ccc(C#N)cc3)c(C)cc1-2. The molecule has 0 radical (unpaired) electrons. The number of nitriles is 2. The molecule has 3 heteroatoms. The Morgan fingerprint density at radius 2 is 0.970 bits per heavy atom. The van der Waals surface area contributed by atoms with Gasteiger partial charge in [0.1, 0.15) is 12.2 Å². The molecular weight excluding hydrogens is 404 g/mol. The summed E-state index contributed by atoms with van der Waals surface area (Å²) in [4.78, 5) is 0. The lowest BCUT2D eigenvalue weighted by Gasteiger charge is -2.21. The molecule has 156 valence electrons. The maximum absolute atomic E-state index is 9.10. The zero-order chi connectivity index (χ0) is 22.7. The van der Waals surface area contributed by atoms with Crippen molar-refractivity contribution in [3.63, 3.8) is 0 Å². The molecule has 0 saturated carbocycles. The van der Waals surface area contributed by atoms with Crippen molar-refractivity contribution in [2.24, 2.45) is 0 Å². The highest BCUT2D eigenvalue weighted by atomic mass is 16.6. The van der Waals surface area contributed by atoms with E-state index in [9.17, 15) is 0 Å². The second-order valence-electron chi connectivity index (χ2n) is 8.86. The molecule has 4 aromatic carbocycles. The molecular formula is C30H20N2O. The maximum atomic E-state index is 9.10. The number of epoxide rings is 1. The molecule has 0 amide bonds. The van der Waals surface area contributed by atoms with E-state index in [1.165, 1.54) is 44.5 Å². The van der Waals surface area contributed by atoms with E-state index < -0.39 is 0 Å². The molecule has 1 aliphatic heterocycles. The molecule has 1 saturated heterocycles. The number of hydrogen-bond donors (Lipinski definition) is 0. The van der Waals surface area contributed by atoms with E-state index in [1.54, 1.807) is 0 Å². The van der Waals surface area contributed by atoms with Crippen molar-refractivity contribution in [3.8, 4) is 45.5 Å². The van der Waals surface area contributed by atoms with E-state index in [4.69, 9.17) is 15.3 Å². The third kappa shape index (κ3) is 3.06. The van der Waals surface area contributed by atoms with Crippen molar-refractivity contribution in [2.45, 2.75) is 26.1 Å². The van der Waals surface area contributed by atoms with Crippen LogP contribution in [0, 0.1) is 36.5 Å². The Hall–Kier alpha value is -4.18. The first-order chi connectivity index (χ1) is 16.1. The standard InChI is InChI=1S/C30H20N2O/c1-17-11-25-26-12-18(2)24(22-9-5-20(16-32)6-10-22)14-28(26)30-29(33-30)27(25)13-23(17)21-7-3-19(15-31)4-8-21/h3-14,29-30H,1-2H3. The molecule has 2 aliphatic rings. The van der Waals surface area contributed by atoms with Crippen LogP contribution < -0.4 is 0 Å². The third-order valence-corrected chi connectivity index (χ3v) is 6.84. The lowest BCUT2D eigenvalue weighted by atomic mass is 9.80. The van der Waals surface area contributed by atoms with Gasteiger partial charge in [-0.3, -0.25) is 0 Å². The number of nitrogens with zero attached hydrogens (tertiary/aromatic N) is 2. The Bertz CT molecular complexity index is 1400. The highest BCUT2D eigenvalue weighted by Gasteiger charge is 2.48. The zero-order valence-corrected chi connectivity index (χ0v) is 18.4. The van der Waals surface area contributed by atoms with Gasteiger partial charge in [-0.2, -0.15) is 10.5 Å². The number of ether oxygens (including phenoxy) is 1. The third-order valence-electron chi connectivity index (χ3n) is 6.84. The average Bonchev–Trinajstić information content (AvgIpc) is 3.65. The summed E-state index contributed by atoms with van der Waals surface area (Å²) < 4.78 is 6.18. The maximum Gasteiger partial charge on any atom is 0.114 e. The van der Waals surface area contributed by atoms with Gasteiger partial charge >= 0.3 is 0 Å². The monoisotopic (exact) mass is 424 g/mol. The molecule has 1 fully saturated rings. The summed E-state index contributed by atoms with van der Waals surface area (Å²) in [6.45, 7) is 4.29. The highest BCUT2D eigenvalue weighted by molar-refractivity contribution is 5.84. The molecule has 2 unspecified atom stereocenters. The van der Waals surface area contributed by atoms with E-state index in [0.29, 0.717) is 11.1 Å². The summed E-state index contributed by atoms with van der Waals surface area (Å²) >= 11 is 0. The van der Waals surface area contributed by atoms with Gasteiger partial charge in [-0.25, -0.2) is 0 Å². The minimum absolute atomic E-state index is 0.0850. The predicted molar refractivity (Wildman–Crippen MR) is 128 cm³/mol. The van der Waals surface area contributed by atoms with Crippen molar-refractivity contribution >= 4 is 0 Å². The zero-order valence-electron chi connectivity index (χ0n) is 18.4. The summed E-state index contributed by atoms with van der Waals surface area (Å²) in [5.74, 6) is 0. The van der Waals surface area contributed by atoms with Crippen LogP contribution in [0.5, 0.6) is 0 Å². The fourth-order valence-corrected chi connectivity index (χ4v) is 5.04. The van der Waals surface area contributed by atoms with Crippen LogP contribution in [-0.2, 0) is 4.74 Å². The molecule has 0 bridgehead atoms. The number of hydrogen-bond acceptors (Lipinski definition) is 3. The largest absolute Gasteiger partial charge is 0.359 e. The molecule has 4 aromatic rings. The first kappa shape index (κ1) is 19.5. The van der Waals surface area contributed by atoms with Crippen molar-refractivity contribution < 1.29 is 4.74 Å². The quantitative estimate of drug-likeness (QED) is 0.320. The van der Waals surface area contributed by atoms with E-state index in [2.05, 4.69) is 50.3 Å². The van der Waals surface area contributed by atoms with Crippen molar-refractivity contribution in [1.29, 1.82) is 10.5 Å². The van der Waals surface area contributed by atoms with Crippen molar-refractivity contribution in [1.82, 2.24) is 0 Å². The van der Waals surface area contributed by atoms with Crippen LogP contribution in [-0.4, -0.2) is 0 Å². The van der Waals surface area contributed by atoms with E-state index in [0.717, 1.165) is 11.1 Å². The Kier molecular flexibility index (Phi) is 4.24. The van der Waals surface area contributed by atoms with Crippen LogP contribution in [0.25, 0.3) is 33.4 Å². The molecule has 0 aromatic heterocycles. The second kappa shape index (κ2) is 7.17. The minimum atomic E-state index is 0.0850. The van der Waals surface area contributed by atoms with Gasteiger partial charge in [-0.05, 0) is 106 Å². The summed E-state index contributed by atoms with van der Waals surface area (Å²) in [5.41, 5.74) is 13.3. The number of benzene rings is 4. The summed E-state index contributed by atoms with van der Waals surface area (Å²) in [6.07, 6.45) is 0.170. The first-order valence-corrected chi connectivity index (χ1v) is 11.0. The van der Waals surface area contributed by atoms with Gasteiger partial charge in [-0.15, -0.1) is 0 Å². The Labute approximate surface area is 193 Å². The second-order valence-corrected chi connectivity index (χ2v) is 8.86. The molecule has 1 aliphatic carbocycles. The molecule has 6 rings (SSSR count). The van der Waals surface area contributed by atoms with Gasteiger partial charge < -0.3 is 4.74 Å². The van der Waals surface area contributed by atoms with Crippen LogP contribution in [0.3, 0.4) is 0 Å².